The van der Waals surface area contributed by atoms with E-state index in [0.717, 1.165) is 12.1 Å². The van der Waals surface area contributed by atoms with Crippen LogP contribution in [0.4, 0.5) is 0 Å². The maximum absolute atomic E-state index is 11.1. The number of nitriles is 1. The van der Waals surface area contributed by atoms with E-state index >= 15 is 0 Å². The summed E-state index contributed by atoms with van der Waals surface area (Å²) in [5.41, 5.74) is 6.77. The highest BCUT2D eigenvalue weighted by Gasteiger charge is 2.12. The quantitative estimate of drug-likeness (QED) is 0.818. The summed E-state index contributed by atoms with van der Waals surface area (Å²) in [5, 5.41) is 8.96. The lowest BCUT2D eigenvalue weighted by Gasteiger charge is -2.23. The first-order valence-electron chi connectivity index (χ1n) is 6.54. The second-order valence-electron chi connectivity index (χ2n) is 5.18. The van der Waals surface area contributed by atoms with Gasteiger partial charge in [-0.25, -0.2) is 0 Å². The largest absolute Gasteiger partial charge is 0.495 e. The highest BCUT2D eigenvalue weighted by Crippen LogP contribution is 2.20. The summed E-state index contributed by atoms with van der Waals surface area (Å²) in [6, 6.07) is 7.50. The van der Waals surface area contributed by atoms with Gasteiger partial charge in [-0.1, -0.05) is 19.9 Å². The van der Waals surface area contributed by atoms with Gasteiger partial charge in [0.15, 0.2) is 0 Å². The summed E-state index contributed by atoms with van der Waals surface area (Å²) < 4.78 is 5.19. The lowest BCUT2D eigenvalue weighted by Crippen LogP contribution is -2.35. The number of carbonyl (C=O) groups is 1. The number of nitrogens with zero attached hydrogens (tertiary/aromatic N) is 2. The summed E-state index contributed by atoms with van der Waals surface area (Å²) in [7, 11) is 1.54. The van der Waals surface area contributed by atoms with Crippen molar-refractivity contribution in [1.29, 1.82) is 5.26 Å². The Hall–Kier alpha value is -2.06. The fraction of sp³-hybridized carbons (Fsp3) is 0.467. The zero-order chi connectivity index (χ0) is 15.1. The molecule has 2 N–H and O–H groups in total. The molecule has 1 aromatic rings. The van der Waals surface area contributed by atoms with E-state index in [2.05, 4.69) is 19.9 Å². The highest BCUT2D eigenvalue weighted by atomic mass is 16.5. The van der Waals surface area contributed by atoms with E-state index in [1.54, 1.807) is 6.07 Å². The van der Waals surface area contributed by atoms with E-state index in [1.807, 2.05) is 17.0 Å². The van der Waals surface area contributed by atoms with E-state index in [1.165, 1.54) is 7.11 Å². The molecule has 0 aliphatic rings. The molecule has 5 nitrogen and oxygen atoms in total. The third-order valence-electron chi connectivity index (χ3n) is 2.80. The van der Waals surface area contributed by atoms with Gasteiger partial charge in [-0.15, -0.1) is 0 Å². The molecule has 0 spiro atoms. The minimum absolute atomic E-state index is 0.223. The molecule has 0 heterocycles. The van der Waals surface area contributed by atoms with Crippen LogP contribution in [-0.2, 0) is 11.3 Å². The minimum Gasteiger partial charge on any atom is -0.495 e. The molecule has 0 aliphatic carbocycles. The predicted molar refractivity (Wildman–Crippen MR) is 77.0 cm³/mol. The van der Waals surface area contributed by atoms with Crippen molar-refractivity contribution in [2.75, 3.05) is 20.2 Å². The van der Waals surface area contributed by atoms with E-state index in [4.69, 9.17) is 15.7 Å². The lowest BCUT2D eigenvalue weighted by molar-refractivity contribution is -0.119. The molecule has 0 bridgehead atoms. The number of methoxy groups -OCH3 is 1. The summed E-state index contributed by atoms with van der Waals surface area (Å²) in [4.78, 5) is 13.1. The maximum Gasteiger partial charge on any atom is 0.231 e. The van der Waals surface area contributed by atoms with Crippen LogP contribution in [0.5, 0.6) is 5.75 Å². The number of hydrogen-bond donors (Lipinski definition) is 1. The average molecular weight is 275 g/mol. The molecule has 0 atom stereocenters. The normalized spacial score (nSPS) is 10.6. The van der Waals surface area contributed by atoms with Gasteiger partial charge in [0.1, 0.15) is 11.8 Å². The molecule has 108 valence electrons. The fourth-order valence-electron chi connectivity index (χ4n) is 2.11. The van der Waals surface area contributed by atoms with Crippen LogP contribution in [0, 0.1) is 17.2 Å². The van der Waals surface area contributed by atoms with Gasteiger partial charge in [-0.05, 0) is 23.6 Å². The molecular weight excluding hydrogens is 254 g/mol. The first-order valence-corrected chi connectivity index (χ1v) is 6.54. The van der Waals surface area contributed by atoms with Crippen molar-refractivity contribution in [3.8, 4) is 11.8 Å². The van der Waals surface area contributed by atoms with Crippen LogP contribution < -0.4 is 10.5 Å². The van der Waals surface area contributed by atoms with E-state index in [-0.39, 0.29) is 12.5 Å². The van der Waals surface area contributed by atoms with Gasteiger partial charge in [-0.2, -0.15) is 5.26 Å². The van der Waals surface area contributed by atoms with Crippen LogP contribution in [0.1, 0.15) is 25.0 Å². The topological polar surface area (TPSA) is 79.3 Å². The van der Waals surface area contributed by atoms with E-state index in [0.29, 0.717) is 23.8 Å². The highest BCUT2D eigenvalue weighted by molar-refractivity contribution is 5.75. The Bertz CT molecular complexity index is 506. The van der Waals surface area contributed by atoms with Crippen LogP contribution in [0.15, 0.2) is 18.2 Å². The van der Waals surface area contributed by atoms with Crippen molar-refractivity contribution in [3.05, 3.63) is 29.3 Å². The van der Waals surface area contributed by atoms with Crippen molar-refractivity contribution in [1.82, 2.24) is 4.90 Å². The van der Waals surface area contributed by atoms with E-state index in [9.17, 15) is 4.79 Å². The van der Waals surface area contributed by atoms with Gasteiger partial charge in [0.25, 0.3) is 0 Å². The zero-order valence-corrected chi connectivity index (χ0v) is 12.2. The fourth-order valence-corrected chi connectivity index (χ4v) is 2.11. The number of primary amides is 1. The van der Waals surface area contributed by atoms with Gasteiger partial charge in [-0.3, -0.25) is 9.69 Å². The van der Waals surface area contributed by atoms with Crippen LogP contribution in [-0.4, -0.2) is 31.0 Å². The standard InChI is InChI=1S/C15H21N3O2/c1-11(2)8-18(10-15(17)19)9-12-4-5-13(7-16)14(6-12)20-3/h4-6,11H,8-10H2,1-3H3,(H2,17,19). The van der Waals surface area contributed by atoms with Crippen molar-refractivity contribution in [2.45, 2.75) is 20.4 Å². The van der Waals surface area contributed by atoms with Gasteiger partial charge in [0.2, 0.25) is 5.91 Å². The summed E-state index contributed by atoms with van der Waals surface area (Å²) in [6.45, 7) is 5.79. The molecule has 1 rings (SSSR count). The maximum atomic E-state index is 11.1. The van der Waals surface area contributed by atoms with Crippen LogP contribution in [0.2, 0.25) is 0 Å². The number of amides is 1. The summed E-state index contributed by atoms with van der Waals surface area (Å²) >= 11 is 0. The third kappa shape index (κ3) is 4.90. The average Bonchev–Trinajstić information content (AvgIpc) is 2.36. The molecule has 1 amide bonds. The molecule has 5 heteroatoms. The Balaban J connectivity index is 2.87. The smallest absolute Gasteiger partial charge is 0.231 e. The molecule has 0 unspecified atom stereocenters. The van der Waals surface area contributed by atoms with Crippen LogP contribution in [0.3, 0.4) is 0 Å². The Morgan fingerprint density at radius 1 is 1.50 bits per heavy atom. The number of ether oxygens (including phenoxy) is 1. The van der Waals surface area contributed by atoms with Crippen molar-refractivity contribution in [2.24, 2.45) is 11.7 Å². The summed E-state index contributed by atoms with van der Waals surface area (Å²) in [6.07, 6.45) is 0. The Morgan fingerprint density at radius 3 is 2.70 bits per heavy atom. The number of nitrogens with two attached hydrogens (primary N) is 1. The molecule has 0 aromatic heterocycles. The predicted octanol–water partition coefficient (Wildman–Crippen LogP) is 1.51. The Morgan fingerprint density at radius 2 is 2.20 bits per heavy atom. The molecule has 0 saturated carbocycles. The number of carbonyl (C=O) groups excluding carboxylic acids is 1. The second kappa shape index (κ2) is 7.51. The lowest BCUT2D eigenvalue weighted by atomic mass is 10.1. The molecule has 0 aliphatic heterocycles. The zero-order valence-electron chi connectivity index (χ0n) is 12.2. The van der Waals surface area contributed by atoms with Crippen molar-refractivity contribution < 1.29 is 9.53 Å². The van der Waals surface area contributed by atoms with Gasteiger partial charge < -0.3 is 10.5 Å². The second-order valence-corrected chi connectivity index (χ2v) is 5.18. The number of benzene rings is 1. The molecular formula is C15H21N3O2. The Kier molecular flexibility index (Phi) is 6.01. The third-order valence-corrected chi connectivity index (χ3v) is 2.80. The SMILES string of the molecule is COc1cc(CN(CC(N)=O)CC(C)C)ccc1C#N. The number of hydrogen-bond acceptors (Lipinski definition) is 4. The summed E-state index contributed by atoms with van der Waals surface area (Å²) in [5.74, 6) is 0.648. The van der Waals surface area contributed by atoms with Crippen molar-refractivity contribution in [3.63, 3.8) is 0 Å². The number of rotatable bonds is 7. The minimum atomic E-state index is -0.341. The van der Waals surface area contributed by atoms with Crippen LogP contribution in [0.25, 0.3) is 0 Å². The first kappa shape index (κ1) is 16.0. The first-order chi connectivity index (χ1) is 9.46. The van der Waals surface area contributed by atoms with E-state index < -0.39 is 0 Å². The van der Waals surface area contributed by atoms with Gasteiger partial charge in [0, 0.05) is 13.1 Å². The monoisotopic (exact) mass is 275 g/mol. The van der Waals surface area contributed by atoms with Gasteiger partial charge >= 0.3 is 0 Å². The molecule has 0 saturated heterocycles. The van der Waals surface area contributed by atoms with Crippen molar-refractivity contribution >= 4 is 5.91 Å². The van der Waals surface area contributed by atoms with Gasteiger partial charge in [0.05, 0.1) is 19.2 Å². The molecule has 1 aromatic carbocycles. The van der Waals surface area contributed by atoms with Crippen LogP contribution >= 0.6 is 0 Å². The molecule has 20 heavy (non-hydrogen) atoms. The Labute approximate surface area is 119 Å². The molecule has 0 radical (unpaired) electrons. The molecule has 0 fully saturated rings.